The zero-order chi connectivity index (χ0) is 12.3. The lowest BCUT2D eigenvalue weighted by molar-refractivity contribution is -0.144. The zero-order valence-electron chi connectivity index (χ0n) is 8.12. The lowest BCUT2D eigenvalue weighted by atomic mass is 10.3. The van der Waals surface area contributed by atoms with Crippen molar-refractivity contribution >= 4 is 17.2 Å². The molecule has 16 heavy (non-hydrogen) atoms. The lowest BCUT2D eigenvalue weighted by Gasteiger charge is -2.14. The van der Waals surface area contributed by atoms with Crippen molar-refractivity contribution in [1.29, 1.82) is 0 Å². The van der Waals surface area contributed by atoms with Crippen LogP contribution in [0.4, 0.5) is 13.2 Å². The summed E-state index contributed by atoms with van der Waals surface area (Å²) in [5.74, 6) is 0. The van der Waals surface area contributed by atoms with Gasteiger partial charge in [0.05, 0.1) is 4.99 Å². The summed E-state index contributed by atoms with van der Waals surface area (Å²) < 4.78 is 38.2. The quantitative estimate of drug-likeness (QED) is 0.828. The molecule has 0 atom stereocenters. The highest BCUT2D eigenvalue weighted by Crippen LogP contribution is 2.28. The van der Waals surface area contributed by atoms with Crippen LogP contribution in [0.25, 0.3) is 0 Å². The summed E-state index contributed by atoms with van der Waals surface area (Å²) >= 11 is 4.56. The Morgan fingerprint density at radius 3 is 2.56 bits per heavy atom. The molecule has 0 aromatic carbocycles. The van der Waals surface area contributed by atoms with Crippen molar-refractivity contribution in [2.24, 2.45) is 5.73 Å². The van der Waals surface area contributed by atoms with Gasteiger partial charge >= 0.3 is 6.18 Å². The van der Waals surface area contributed by atoms with Crippen LogP contribution in [0.5, 0.6) is 0 Å². The first kappa shape index (κ1) is 12.7. The summed E-state index contributed by atoms with van der Waals surface area (Å²) in [6, 6.07) is 2.98. The van der Waals surface area contributed by atoms with Crippen molar-refractivity contribution in [1.82, 2.24) is 4.57 Å². The topological polar surface area (TPSA) is 48.0 Å². The summed E-state index contributed by atoms with van der Waals surface area (Å²) in [6.45, 7) is -0.163. The number of alkyl halides is 3. The normalized spacial score (nSPS) is 11.4. The van der Waals surface area contributed by atoms with Gasteiger partial charge in [-0.2, -0.15) is 13.2 Å². The third-order valence-electron chi connectivity index (χ3n) is 1.92. The highest BCUT2D eigenvalue weighted by molar-refractivity contribution is 7.80. The predicted molar refractivity (Wildman–Crippen MR) is 57.1 cm³/mol. The second kappa shape index (κ2) is 4.65. The first-order valence-electron chi connectivity index (χ1n) is 4.37. The molecule has 1 heterocycles. The van der Waals surface area contributed by atoms with Crippen LogP contribution in [0.3, 0.4) is 0 Å². The Kier molecular flexibility index (Phi) is 3.69. The van der Waals surface area contributed by atoms with Crippen LogP contribution in [0, 0.1) is 0 Å². The Balaban J connectivity index is 3.14. The fourth-order valence-electron chi connectivity index (χ4n) is 1.22. The highest BCUT2D eigenvalue weighted by atomic mass is 32.1. The van der Waals surface area contributed by atoms with Gasteiger partial charge in [-0.3, -0.25) is 4.79 Å². The molecule has 0 unspecified atom stereocenters. The summed E-state index contributed by atoms with van der Waals surface area (Å²) in [5, 5.41) is 0. The molecule has 88 valence electrons. The third kappa shape index (κ3) is 3.06. The number of nitrogens with two attached hydrogens (primary N) is 1. The van der Waals surface area contributed by atoms with E-state index in [1.54, 1.807) is 0 Å². The predicted octanol–water partition coefficient (Wildman–Crippen LogP) is 1.54. The number of halogens is 3. The largest absolute Gasteiger partial charge is 0.431 e. The number of nitrogens with zero attached hydrogens (tertiary/aromatic N) is 1. The summed E-state index contributed by atoms with van der Waals surface area (Å²) in [4.78, 5) is 11.4. The molecule has 3 nitrogen and oxygen atoms in total. The van der Waals surface area contributed by atoms with Crippen LogP contribution >= 0.6 is 12.2 Å². The van der Waals surface area contributed by atoms with E-state index in [4.69, 9.17) is 5.73 Å². The molecule has 0 amide bonds. The van der Waals surface area contributed by atoms with E-state index in [1.807, 2.05) is 0 Å². The molecule has 7 heteroatoms. The first-order valence-corrected chi connectivity index (χ1v) is 4.78. The fourth-order valence-corrected chi connectivity index (χ4v) is 1.31. The smallest absolute Gasteiger partial charge is 0.393 e. The van der Waals surface area contributed by atoms with Gasteiger partial charge in [0.1, 0.15) is 5.69 Å². The average molecular weight is 250 g/mol. The van der Waals surface area contributed by atoms with Gasteiger partial charge < -0.3 is 10.3 Å². The molecule has 0 saturated carbocycles. The van der Waals surface area contributed by atoms with Crippen LogP contribution in [0.2, 0.25) is 0 Å². The molecule has 1 aromatic heterocycles. The molecule has 0 saturated heterocycles. The first-order chi connectivity index (χ1) is 7.32. The van der Waals surface area contributed by atoms with Gasteiger partial charge in [-0.05, 0) is 6.07 Å². The molecule has 1 aromatic rings. The Hall–Kier alpha value is -1.37. The van der Waals surface area contributed by atoms with Crippen LogP contribution in [0.1, 0.15) is 12.1 Å². The molecule has 0 bridgehead atoms. The second-order valence-electron chi connectivity index (χ2n) is 3.11. The number of hydrogen-bond acceptors (Lipinski definition) is 2. The molecular weight excluding hydrogens is 241 g/mol. The average Bonchev–Trinajstić information content (AvgIpc) is 2.13. The maximum absolute atomic E-state index is 12.5. The minimum absolute atomic E-state index is 0.0579. The van der Waals surface area contributed by atoms with Gasteiger partial charge in [0.2, 0.25) is 0 Å². The van der Waals surface area contributed by atoms with E-state index in [2.05, 4.69) is 12.2 Å². The van der Waals surface area contributed by atoms with Crippen molar-refractivity contribution in [2.75, 3.05) is 0 Å². The zero-order valence-corrected chi connectivity index (χ0v) is 8.94. The summed E-state index contributed by atoms with van der Waals surface area (Å²) in [6.07, 6.45) is -4.50. The van der Waals surface area contributed by atoms with Crippen molar-refractivity contribution in [3.63, 3.8) is 0 Å². The van der Waals surface area contributed by atoms with Crippen molar-refractivity contribution < 1.29 is 13.2 Å². The van der Waals surface area contributed by atoms with Gasteiger partial charge in [-0.15, -0.1) is 0 Å². The van der Waals surface area contributed by atoms with Gasteiger partial charge in [-0.1, -0.05) is 18.3 Å². The number of hydrogen-bond donors (Lipinski definition) is 1. The monoisotopic (exact) mass is 250 g/mol. The van der Waals surface area contributed by atoms with E-state index in [-0.39, 0.29) is 18.0 Å². The maximum atomic E-state index is 12.5. The van der Waals surface area contributed by atoms with Crippen LogP contribution < -0.4 is 11.3 Å². The standard InChI is InChI=1S/C9H9F3N2OS/c10-9(11,12)6-2-1-3-8(15)14(6)5-4-7(13)16/h1-3H,4-5H2,(H2,13,16). The van der Waals surface area contributed by atoms with E-state index in [1.165, 1.54) is 0 Å². The molecule has 0 spiro atoms. The number of aromatic nitrogens is 1. The van der Waals surface area contributed by atoms with E-state index < -0.39 is 17.4 Å². The van der Waals surface area contributed by atoms with Gasteiger partial charge in [0.25, 0.3) is 5.56 Å². The molecule has 0 aliphatic heterocycles. The molecule has 0 aliphatic rings. The van der Waals surface area contributed by atoms with Crippen LogP contribution in [-0.4, -0.2) is 9.56 Å². The SMILES string of the molecule is NC(=S)CCn1c(C(F)(F)F)cccc1=O. The minimum Gasteiger partial charge on any atom is -0.393 e. The van der Waals surface area contributed by atoms with Crippen molar-refractivity contribution in [3.05, 3.63) is 34.2 Å². The molecule has 0 fully saturated rings. The number of pyridine rings is 1. The Morgan fingerprint density at radius 1 is 1.44 bits per heavy atom. The van der Waals surface area contributed by atoms with Crippen LogP contribution in [0.15, 0.2) is 23.0 Å². The molecule has 1 rings (SSSR count). The van der Waals surface area contributed by atoms with E-state index in [0.717, 1.165) is 18.2 Å². The van der Waals surface area contributed by atoms with Gasteiger partial charge in [-0.25, -0.2) is 0 Å². The van der Waals surface area contributed by atoms with E-state index in [9.17, 15) is 18.0 Å². The van der Waals surface area contributed by atoms with Gasteiger partial charge in [0, 0.05) is 19.0 Å². The van der Waals surface area contributed by atoms with Crippen LogP contribution in [-0.2, 0) is 12.7 Å². The van der Waals surface area contributed by atoms with E-state index in [0.29, 0.717) is 4.57 Å². The summed E-state index contributed by atoms with van der Waals surface area (Å²) in [7, 11) is 0. The molecule has 2 N–H and O–H groups in total. The summed E-state index contributed by atoms with van der Waals surface area (Å²) in [5.41, 5.74) is 3.48. The number of rotatable bonds is 3. The highest BCUT2D eigenvalue weighted by Gasteiger charge is 2.33. The minimum atomic E-state index is -4.56. The third-order valence-corrected chi connectivity index (χ3v) is 2.13. The Bertz CT molecular complexity index is 453. The van der Waals surface area contributed by atoms with E-state index >= 15 is 0 Å². The maximum Gasteiger partial charge on any atom is 0.431 e. The Labute approximate surface area is 94.7 Å². The Morgan fingerprint density at radius 2 is 2.06 bits per heavy atom. The second-order valence-corrected chi connectivity index (χ2v) is 3.64. The fraction of sp³-hybridized carbons (Fsp3) is 0.333. The number of thiocarbonyl (C=S) groups is 1. The van der Waals surface area contributed by atoms with Crippen molar-refractivity contribution in [2.45, 2.75) is 19.1 Å². The van der Waals surface area contributed by atoms with Gasteiger partial charge in [0.15, 0.2) is 0 Å². The molecule has 0 radical (unpaired) electrons. The van der Waals surface area contributed by atoms with Crippen molar-refractivity contribution in [3.8, 4) is 0 Å². The molecular formula is C9H9F3N2OS. The lowest BCUT2D eigenvalue weighted by Crippen LogP contribution is -2.28. The molecule has 0 aliphatic carbocycles.